The molecule has 0 bridgehead atoms. The highest BCUT2D eigenvalue weighted by molar-refractivity contribution is 6.30. The number of aromatic nitrogens is 1. The Hall–Kier alpha value is -2.50. The highest BCUT2D eigenvalue weighted by atomic mass is 16.5. The number of amides is 1. The standard InChI is InChI=1S/C15H17BN2O3/c1-20-12-5-3-10(7-13(12)21-2)8-18-15(19)11-4-6-14(16)17-9-11/h3-7,9H,8,16H2,1-2H3,(H,18,19). The molecule has 108 valence electrons. The number of nitrogens with zero attached hydrogens (tertiary/aromatic N) is 1. The molecule has 6 heteroatoms. The molecule has 1 aromatic carbocycles. The molecule has 1 heterocycles. The van der Waals surface area contributed by atoms with Crippen molar-refractivity contribution >= 4 is 19.3 Å². The van der Waals surface area contributed by atoms with Crippen LogP contribution in [0.1, 0.15) is 15.9 Å². The van der Waals surface area contributed by atoms with Crippen molar-refractivity contribution in [3.05, 3.63) is 47.7 Å². The van der Waals surface area contributed by atoms with Crippen LogP contribution >= 0.6 is 0 Å². The van der Waals surface area contributed by atoms with Crippen LogP contribution in [0.4, 0.5) is 0 Å². The number of ether oxygens (including phenoxy) is 2. The van der Waals surface area contributed by atoms with Gasteiger partial charge in [-0.2, -0.15) is 0 Å². The van der Waals surface area contributed by atoms with Gasteiger partial charge in [-0.3, -0.25) is 9.78 Å². The zero-order valence-corrected chi connectivity index (χ0v) is 12.3. The molecular formula is C15H17BN2O3. The zero-order valence-electron chi connectivity index (χ0n) is 12.3. The van der Waals surface area contributed by atoms with Gasteiger partial charge in [-0.15, -0.1) is 0 Å². The molecule has 21 heavy (non-hydrogen) atoms. The Balaban J connectivity index is 2.02. The molecule has 1 aromatic heterocycles. The largest absolute Gasteiger partial charge is 0.493 e. The van der Waals surface area contributed by atoms with Crippen molar-refractivity contribution < 1.29 is 14.3 Å². The molecule has 2 rings (SSSR count). The minimum atomic E-state index is -0.155. The summed E-state index contributed by atoms with van der Waals surface area (Å²) in [4.78, 5) is 16.1. The summed E-state index contributed by atoms with van der Waals surface area (Å²) in [6.07, 6.45) is 1.57. The van der Waals surface area contributed by atoms with E-state index in [0.717, 1.165) is 11.2 Å². The first-order valence-corrected chi connectivity index (χ1v) is 6.56. The van der Waals surface area contributed by atoms with Gasteiger partial charge in [0.1, 0.15) is 0 Å². The maximum Gasteiger partial charge on any atom is 0.253 e. The third-order valence-corrected chi connectivity index (χ3v) is 3.07. The monoisotopic (exact) mass is 284 g/mol. The van der Waals surface area contributed by atoms with Crippen LogP contribution in [0.25, 0.3) is 0 Å². The molecule has 0 unspecified atom stereocenters. The third kappa shape index (κ3) is 3.75. The maximum atomic E-state index is 12.0. The quantitative estimate of drug-likeness (QED) is 0.802. The summed E-state index contributed by atoms with van der Waals surface area (Å²) >= 11 is 0. The number of carbonyl (C=O) groups is 1. The minimum absolute atomic E-state index is 0.155. The molecule has 1 amide bonds. The number of pyridine rings is 1. The summed E-state index contributed by atoms with van der Waals surface area (Å²) in [5.74, 6) is 1.15. The van der Waals surface area contributed by atoms with Gasteiger partial charge in [0.25, 0.3) is 5.91 Å². The van der Waals surface area contributed by atoms with Gasteiger partial charge in [-0.25, -0.2) is 0 Å². The van der Waals surface area contributed by atoms with Crippen LogP contribution in [0.15, 0.2) is 36.5 Å². The van der Waals surface area contributed by atoms with Gasteiger partial charge in [0.2, 0.25) is 0 Å². The lowest BCUT2D eigenvalue weighted by Crippen LogP contribution is -2.23. The van der Waals surface area contributed by atoms with Gasteiger partial charge < -0.3 is 14.8 Å². The summed E-state index contributed by atoms with van der Waals surface area (Å²) in [5.41, 5.74) is 2.36. The second kappa shape index (κ2) is 6.79. The molecule has 0 aliphatic rings. The fourth-order valence-electron chi connectivity index (χ4n) is 1.88. The lowest BCUT2D eigenvalue weighted by Gasteiger charge is -2.10. The van der Waals surface area contributed by atoms with E-state index in [1.165, 1.54) is 0 Å². The van der Waals surface area contributed by atoms with E-state index >= 15 is 0 Å². The second-order valence-corrected chi connectivity index (χ2v) is 4.56. The van der Waals surface area contributed by atoms with Crippen LogP contribution in [0.2, 0.25) is 0 Å². The normalized spacial score (nSPS) is 10.0. The number of rotatable bonds is 5. The van der Waals surface area contributed by atoms with Gasteiger partial charge in [0.15, 0.2) is 19.3 Å². The molecule has 0 saturated carbocycles. The van der Waals surface area contributed by atoms with E-state index < -0.39 is 0 Å². The smallest absolute Gasteiger partial charge is 0.253 e. The van der Waals surface area contributed by atoms with E-state index in [-0.39, 0.29) is 5.91 Å². The molecule has 0 aliphatic heterocycles. The lowest BCUT2D eigenvalue weighted by molar-refractivity contribution is 0.0950. The average Bonchev–Trinajstić information content (AvgIpc) is 2.52. The molecule has 0 fully saturated rings. The van der Waals surface area contributed by atoms with E-state index in [9.17, 15) is 4.79 Å². The first-order valence-electron chi connectivity index (χ1n) is 6.56. The first-order chi connectivity index (χ1) is 10.1. The number of hydrogen-bond acceptors (Lipinski definition) is 4. The molecule has 2 aromatic rings. The van der Waals surface area contributed by atoms with Crippen LogP contribution in [-0.4, -0.2) is 33.0 Å². The van der Waals surface area contributed by atoms with Gasteiger partial charge in [0, 0.05) is 12.7 Å². The van der Waals surface area contributed by atoms with Crippen molar-refractivity contribution in [1.82, 2.24) is 10.3 Å². The van der Waals surface area contributed by atoms with Crippen LogP contribution in [0.5, 0.6) is 11.5 Å². The summed E-state index contributed by atoms with van der Waals surface area (Å²) in [7, 11) is 5.05. The molecule has 0 radical (unpaired) electrons. The van der Waals surface area contributed by atoms with Crippen molar-refractivity contribution in [2.24, 2.45) is 0 Å². The van der Waals surface area contributed by atoms with Crippen molar-refractivity contribution in [3.8, 4) is 11.5 Å². The Morgan fingerprint density at radius 1 is 1.19 bits per heavy atom. The Morgan fingerprint density at radius 3 is 2.57 bits per heavy atom. The van der Waals surface area contributed by atoms with E-state index in [4.69, 9.17) is 9.47 Å². The Labute approximate surface area is 124 Å². The Kier molecular flexibility index (Phi) is 4.82. The molecule has 1 N–H and O–H groups in total. The second-order valence-electron chi connectivity index (χ2n) is 4.56. The van der Waals surface area contributed by atoms with Crippen LogP contribution in [0.3, 0.4) is 0 Å². The van der Waals surface area contributed by atoms with Gasteiger partial charge in [0.05, 0.1) is 19.8 Å². The van der Waals surface area contributed by atoms with Gasteiger partial charge in [-0.05, 0) is 29.4 Å². The van der Waals surface area contributed by atoms with E-state index in [1.807, 2.05) is 32.1 Å². The zero-order chi connectivity index (χ0) is 15.2. The SMILES string of the molecule is Bc1ccc(C(=O)NCc2ccc(OC)c(OC)c2)cn1. The molecule has 5 nitrogen and oxygen atoms in total. The van der Waals surface area contributed by atoms with Crippen LogP contribution in [0, 0.1) is 0 Å². The summed E-state index contributed by atoms with van der Waals surface area (Å²) in [6, 6.07) is 9.10. The highest BCUT2D eigenvalue weighted by Gasteiger charge is 2.08. The third-order valence-electron chi connectivity index (χ3n) is 3.07. The maximum absolute atomic E-state index is 12.0. The average molecular weight is 284 g/mol. The molecule has 0 atom stereocenters. The fourth-order valence-corrected chi connectivity index (χ4v) is 1.88. The number of hydrogen-bond donors (Lipinski definition) is 1. The predicted octanol–water partition coefficient (Wildman–Crippen LogP) is 0.287. The van der Waals surface area contributed by atoms with Gasteiger partial charge >= 0.3 is 0 Å². The van der Waals surface area contributed by atoms with E-state index in [0.29, 0.717) is 23.6 Å². The van der Waals surface area contributed by atoms with Crippen LogP contribution in [-0.2, 0) is 6.54 Å². The van der Waals surface area contributed by atoms with Crippen molar-refractivity contribution in [2.75, 3.05) is 14.2 Å². The summed E-state index contributed by atoms with van der Waals surface area (Å²) in [5, 5.41) is 2.85. The topological polar surface area (TPSA) is 60.5 Å². The number of nitrogens with one attached hydrogen (secondary N) is 1. The lowest BCUT2D eigenvalue weighted by atomic mass is 10.0. The minimum Gasteiger partial charge on any atom is -0.493 e. The predicted molar refractivity (Wildman–Crippen MR) is 83.1 cm³/mol. The summed E-state index contributed by atoms with van der Waals surface area (Å²) in [6.45, 7) is 0.410. The van der Waals surface area contributed by atoms with Crippen molar-refractivity contribution in [1.29, 1.82) is 0 Å². The van der Waals surface area contributed by atoms with Gasteiger partial charge in [-0.1, -0.05) is 12.1 Å². The molecular weight excluding hydrogens is 267 g/mol. The number of carbonyl (C=O) groups excluding carboxylic acids is 1. The molecule has 0 spiro atoms. The number of benzene rings is 1. The van der Waals surface area contributed by atoms with Crippen LogP contribution < -0.4 is 20.4 Å². The Morgan fingerprint density at radius 2 is 1.95 bits per heavy atom. The molecule has 0 aliphatic carbocycles. The highest BCUT2D eigenvalue weighted by Crippen LogP contribution is 2.27. The van der Waals surface area contributed by atoms with E-state index in [1.54, 1.807) is 26.5 Å². The first kappa shape index (κ1) is 14.9. The van der Waals surface area contributed by atoms with E-state index in [2.05, 4.69) is 10.3 Å². The van der Waals surface area contributed by atoms with Crippen molar-refractivity contribution in [2.45, 2.75) is 6.54 Å². The Bertz CT molecular complexity index is 629. The fraction of sp³-hybridized carbons (Fsp3) is 0.200. The summed E-state index contributed by atoms with van der Waals surface area (Å²) < 4.78 is 10.4. The van der Waals surface area contributed by atoms with Crippen molar-refractivity contribution in [3.63, 3.8) is 0 Å². The molecule has 0 saturated heterocycles. The number of methoxy groups -OCH3 is 2.